The molecule has 0 saturated carbocycles. The van der Waals surface area contributed by atoms with Gasteiger partial charge in [0.25, 0.3) is 0 Å². The van der Waals surface area contributed by atoms with E-state index in [1.165, 1.54) is 0 Å². The largest absolute Gasteiger partial charge is 0.385 e. The molecule has 0 aliphatic heterocycles. The topological polar surface area (TPSA) is 55.4 Å². The molecule has 0 unspecified atom stereocenters. The number of methoxy groups -OCH3 is 1. The Kier molecular flexibility index (Phi) is 6.32. The van der Waals surface area contributed by atoms with Crippen LogP contribution >= 0.6 is 0 Å². The van der Waals surface area contributed by atoms with E-state index in [4.69, 9.17) is 4.74 Å². The summed E-state index contributed by atoms with van der Waals surface area (Å²) >= 11 is 0. The maximum absolute atomic E-state index is 12.0. The molecule has 0 amide bonds. The molecule has 5 heteroatoms. The van der Waals surface area contributed by atoms with Gasteiger partial charge in [0, 0.05) is 20.3 Å². The minimum atomic E-state index is -3.36. The number of aryl methyl sites for hydroxylation is 1. The zero-order chi connectivity index (χ0) is 13.4. The van der Waals surface area contributed by atoms with Gasteiger partial charge in [-0.3, -0.25) is 0 Å². The molecule has 0 radical (unpaired) electrons. The van der Waals surface area contributed by atoms with Crippen LogP contribution in [0.2, 0.25) is 0 Å². The molecule has 18 heavy (non-hydrogen) atoms. The van der Waals surface area contributed by atoms with E-state index in [-0.39, 0.29) is 0 Å². The molecule has 4 nitrogen and oxygen atoms in total. The molecule has 0 aliphatic rings. The second kappa shape index (κ2) is 7.51. The van der Waals surface area contributed by atoms with E-state index < -0.39 is 10.0 Å². The molecule has 0 heterocycles. The Morgan fingerprint density at radius 2 is 1.89 bits per heavy atom. The van der Waals surface area contributed by atoms with Gasteiger partial charge in [0.15, 0.2) is 0 Å². The van der Waals surface area contributed by atoms with Gasteiger partial charge in [0.2, 0.25) is 10.0 Å². The maximum Gasteiger partial charge on any atom is 0.240 e. The second-order valence-electron chi connectivity index (χ2n) is 4.22. The highest BCUT2D eigenvalue weighted by Gasteiger charge is 2.14. The van der Waals surface area contributed by atoms with E-state index in [1.54, 1.807) is 32.2 Å². The van der Waals surface area contributed by atoms with Crippen molar-refractivity contribution in [3.63, 3.8) is 0 Å². The van der Waals surface area contributed by atoms with Crippen molar-refractivity contribution in [1.82, 2.24) is 4.72 Å². The third-order valence-electron chi connectivity index (χ3n) is 2.70. The fourth-order valence-corrected chi connectivity index (χ4v) is 3.01. The predicted octanol–water partition coefficient (Wildman–Crippen LogP) is 2.09. The quantitative estimate of drug-likeness (QED) is 0.737. The van der Waals surface area contributed by atoms with Gasteiger partial charge in [-0.05, 0) is 37.8 Å². The number of rotatable bonds is 8. The third kappa shape index (κ3) is 4.76. The lowest BCUT2D eigenvalue weighted by Gasteiger charge is -2.08. The molecule has 0 aromatic heterocycles. The van der Waals surface area contributed by atoms with Gasteiger partial charge < -0.3 is 4.74 Å². The van der Waals surface area contributed by atoms with Crippen molar-refractivity contribution < 1.29 is 13.2 Å². The Bertz CT molecular complexity index is 457. The van der Waals surface area contributed by atoms with E-state index >= 15 is 0 Å². The zero-order valence-corrected chi connectivity index (χ0v) is 11.8. The molecule has 0 fully saturated rings. The standard InChI is InChI=1S/C13H21NO3S/c1-12-8-4-5-9-13(12)18(15,16)14-10-6-3-7-11-17-2/h4-5,8-9,14H,3,6-7,10-11H2,1-2H3. The average molecular weight is 271 g/mol. The summed E-state index contributed by atoms with van der Waals surface area (Å²) in [6.07, 6.45) is 2.75. The maximum atomic E-state index is 12.0. The van der Waals surface area contributed by atoms with Gasteiger partial charge >= 0.3 is 0 Å². The van der Waals surface area contributed by atoms with E-state index in [0.717, 1.165) is 31.4 Å². The van der Waals surface area contributed by atoms with Crippen LogP contribution in [-0.2, 0) is 14.8 Å². The first-order valence-electron chi connectivity index (χ1n) is 6.12. The minimum absolute atomic E-state index is 0.363. The summed E-state index contributed by atoms with van der Waals surface area (Å²) in [6, 6.07) is 7.00. The van der Waals surface area contributed by atoms with Crippen molar-refractivity contribution in [3.05, 3.63) is 29.8 Å². The SMILES string of the molecule is COCCCCCNS(=O)(=O)c1ccccc1C. The van der Waals surface area contributed by atoms with Crippen LogP contribution in [0.3, 0.4) is 0 Å². The number of sulfonamides is 1. The Hall–Kier alpha value is -0.910. The number of ether oxygens (including phenoxy) is 1. The zero-order valence-electron chi connectivity index (χ0n) is 11.0. The summed E-state index contributed by atoms with van der Waals surface area (Å²) < 4.78 is 31.6. The Morgan fingerprint density at radius 1 is 1.17 bits per heavy atom. The lowest BCUT2D eigenvalue weighted by Crippen LogP contribution is -2.25. The van der Waals surface area contributed by atoms with E-state index in [2.05, 4.69) is 4.72 Å². The third-order valence-corrected chi connectivity index (χ3v) is 4.32. The highest BCUT2D eigenvalue weighted by molar-refractivity contribution is 7.89. The molecule has 0 saturated heterocycles. The fourth-order valence-electron chi connectivity index (χ4n) is 1.69. The molecule has 0 aliphatic carbocycles. The highest BCUT2D eigenvalue weighted by Crippen LogP contribution is 2.13. The van der Waals surface area contributed by atoms with E-state index in [0.29, 0.717) is 11.4 Å². The lowest BCUT2D eigenvalue weighted by molar-refractivity contribution is 0.192. The van der Waals surface area contributed by atoms with Crippen LogP contribution in [0.4, 0.5) is 0 Å². The van der Waals surface area contributed by atoms with Crippen LogP contribution in [0.15, 0.2) is 29.2 Å². The van der Waals surface area contributed by atoms with Crippen molar-refractivity contribution in [1.29, 1.82) is 0 Å². The van der Waals surface area contributed by atoms with Crippen molar-refractivity contribution >= 4 is 10.0 Å². The van der Waals surface area contributed by atoms with E-state index in [1.807, 2.05) is 6.07 Å². The number of hydrogen-bond donors (Lipinski definition) is 1. The van der Waals surface area contributed by atoms with Crippen LogP contribution in [0.25, 0.3) is 0 Å². The second-order valence-corrected chi connectivity index (χ2v) is 5.95. The molecule has 1 N–H and O–H groups in total. The smallest absolute Gasteiger partial charge is 0.240 e. The van der Waals surface area contributed by atoms with Crippen LogP contribution in [0, 0.1) is 6.92 Å². The minimum Gasteiger partial charge on any atom is -0.385 e. The monoisotopic (exact) mass is 271 g/mol. The number of benzene rings is 1. The first-order chi connectivity index (χ1) is 8.58. The van der Waals surface area contributed by atoms with E-state index in [9.17, 15) is 8.42 Å². The summed E-state index contributed by atoms with van der Waals surface area (Å²) in [5.74, 6) is 0. The summed E-state index contributed by atoms with van der Waals surface area (Å²) in [5.41, 5.74) is 0.768. The number of unbranched alkanes of at least 4 members (excludes halogenated alkanes) is 2. The van der Waals surface area contributed by atoms with Crippen LogP contribution in [-0.4, -0.2) is 28.7 Å². The van der Waals surface area contributed by atoms with Gasteiger partial charge in [0.1, 0.15) is 0 Å². The summed E-state index contributed by atoms with van der Waals surface area (Å²) in [4.78, 5) is 0.363. The van der Waals surface area contributed by atoms with Gasteiger partial charge in [-0.15, -0.1) is 0 Å². The molecule has 0 spiro atoms. The number of nitrogens with one attached hydrogen (secondary N) is 1. The molecular formula is C13H21NO3S. The molecular weight excluding hydrogens is 250 g/mol. The Morgan fingerprint density at radius 3 is 2.56 bits per heavy atom. The average Bonchev–Trinajstić information content (AvgIpc) is 2.34. The Balaban J connectivity index is 2.44. The normalized spacial score (nSPS) is 11.7. The van der Waals surface area contributed by atoms with Gasteiger partial charge in [-0.2, -0.15) is 0 Å². The van der Waals surface area contributed by atoms with Gasteiger partial charge in [-0.1, -0.05) is 18.2 Å². The van der Waals surface area contributed by atoms with Crippen LogP contribution in [0.1, 0.15) is 24.8 Å². The summed E-state index contributed by atoms with van der Waals surface area (Å²) in [7, 11) is -1.70. The number of hydrogen-bond acceptors (Lipinski definition) is 3. The summed E-state index contributed by atoms with van der Waals surface area (Å²) in [6.45, 7) is 3.00. The predicted molar refractivity (Wildman–Crippen MR) is 72.1 cm³/mol. The molecule has 0 atom stereocenters. The van der Waals surface area contributed by atoms with Crippen molar-refractivity contribution in [2.75, 3.05) is 20.3 Å². The fraction of sp³-hybridized carbons (Fsp3) is 0.538. The summed E-state index contributed by atoms with van der Waals surface area (Å²) in [5, 5.41) is 0. The first-order valence-corrected chi connectivity index (χ1v) is 7.60. The van der Waals surface area contributed by atoms with Crippen LogP contribution in [0.5, 0.6) is 0 Å². The highest BCUT2D eigenvalue weighted by atomic mass is 32.2. The van der Waals surface area contributed by atoms with Crippen molar-refractivity contribution in [2.45, 2.75) is 31.1 Å². The Labute approximate surface area is 109 Å². The van der Waals surface area contributed by atoms with Crippen molar-refractivity contribution in [3.8, 4) is 0 Å². The van der Waals surface area contributed by atoms with Crippen LogP contribution < -0.4 is 4.72 Å². The van der Waals surface area contributed by atoms with Gasteiger partial charge in [-0.25, -0.2) is 13.1 Å². The molecule has 102 valence electrons. The van der Waals surface area contributed by atoms with Crippen molar-refractivity contribution in [2.24, 2.45) is 0 Å². The lowest BCUT2D eigenvalue weighted by atomic mass is 10.2. The molecule has 1 aromatic rings. The molecule has 1 rings (SSSR count). The molecule has 0 bridgehead atoms. The molecule has 1 aromatic carbocycles. The van der Waals surface area contributed by atoms with Gasteiger partial charge in [0.05, 0.1) is 4.90 Å². The first kappa shape index (κ1) is 15.1.